The topological polar surface area (TPSA) is 48.5 Å². The molecular weight excluding hydrogens is 739 g/mol. The van der Waals surface area contributed by atoms with E-state index in [0.717, 1.165) is 55.0 Å². The minimum absolute atomic E-state index is 0.575. The van der Waals surface area contributed by atoms with Gasteiger partial charge in [-0.15, -0.1) is 11.3 Å². The highest BCUT2D eigenvalue weighted by Gasteiger charge is 2.23. The van der Waals surface area contributed by atoms with E-state index in [9.17, 15) is 0 Å². The first-order chi connectivity index (χ1) is 29.2. The second-order valence-corrected chi connectivity index (χ2v) is 16.3. The lowest BCUT2D eigenvalue weighted by molar-refractivity contribution is 0.952. The first-order valence-electron chi connectivity index (χ1n) is 19.9. The van der Waals surface area contributed by atoms with Gasteiger partial charge in [-0.2, -0.15) is 9.97 Å². The Bertz CT molecular complexity index is 3820. The first-order valence-corrected chi connectivity index (χ1v) is 20.7. The number of benzene rings is 9. The minimum Gasteiger partial charge on any atom is -0.308 e. The van der Waals surface area contributed by atoms with Crippen LogP contribution in [0.2, 0.25) is 0 Å². The molecule has 0 N–H and O–H groups in total. The smallest absolute Gasteiger partial charge is 0.238 e. The van der Waals surface area contributed by atoms with Crippen LogP contribution >= 0.6 is 11.3 Å². The molecule has 0 radical (unpaired) electrons. The minimum atomic E-state index is 0.575. The van der Waals surface area contributed by atoms with Gasteiger partial charge in [0.25, 0.3) is 0 Å². The molecule has 13 rings (SSSR count). The van der Waals surface area contributed by atoms with Crippen LogP contribution in [0.25, 0.3) is 120 Å². The van der Waals surface area contributed by atoms with Crippen LogP contribution in [0.3, 0.4) is 0 Å². The zero-order valence-electron chi connectivity index (χ0n) is 31.5. The fraction of sp³-hybridized carbons (Fsp3) is 0. The second-order valence-electron chi connectivity index (χ2n) is 15.2. The molecule has 13 aromatic rings. The molecule has 0 spiro atoms. The number of hydrogen-bond acceptors (Lipinski definition) is 4. The molecule has 0 saturated carbocycles. The van der Waals surface area contributed by atoms with Gasteiger partial charge in [0.1, 0.15) is 0 Å². The maximum Gasteiger partial charge on any atom is 0.238 e. The van der Waals surface area contributed by atoms with E-state index in [-0.39, 0.29) is 0 Å². The summed E-state index contributed by atoms with van der Waals surface area (Å²) in [4.78, 5) is 16.3. The molecule has 0 aliphatic heterocycles. The Balaban J connectivity index is 1.18. The van der Waals surface area contributed by atoms with Crippen molar-refractivity contribution in [3.63, 3.8) is 0 Å². The average molecular weight is 770 g/mol. The maximum absolute atomic E-state index is 5.51. The molecule has 0 unspecified atom stereocenters. The van der Waals surface area contributed by atoms with Crippen molar-refractivity contribution in [2.24, 2.45) is 0 Å². The number of aromatic nitrogens is 5. The molecule has 6 heteroatoms. The molecule has 59 heavy (non-hydrogen) atoms. The summed E-state index contributed by atoms with van der Waals surface area (Å²) in [6.45, 7) is 0. The van der Waals surface area contributed by atoms with E-state index < -0.39 is 0 Å². The van der Waals surface area contributed by atoms with Gasteiger partial charge >= 0.3 is 0 Å². The third-order valence-corrected chi connectivity index (χ3v) is 13.1. The molecule has 4 heterocycles. The molecule has 0 fully saturated rings. The molecule has 0 bridgehead atoms. The van der Waals surface area contributed by atoms with E-state index in [4.69, 9.17) is 15.0 Å². The van der Waals surface area contributed by atoms with Crippen molar-refractivity contribution in [1.29, 1.82) is 0 Å². The Morgan fingerprint density at radius 2 is 0.898 bits per heavy atom. The van der Waals surface area contributed by atoms with Gasteiger partial charge in [0.2, 0.25) is 5.95 Å². The molecule has 0 aliphatic rings. The normalized spacial score (nSPS) is 12.1. The zero-order valence-corrected chi connectivity index (χ0v) is 32.4. The highest BCUT2D eigenvalue weighted by molar-refractivity contribution is 7.25. The molecular formula is C53H31N5S. The van der Waals surface area contributed by atoms with E-state index in [2.05, 4.69) is 197 Å². The summed E-state index contributed by atoms with van der Waals surface area (Å²) in [6.07, 6.45) is 0. The fourth-order valence-electron chi connectivity index (χ4n) is 9.22. The lowest BCUT2D eigenvalue weighted by Gasteiger charge is -2.16. The van der Waals surface area contributed by atoms with Gasteiger partial charge in [-0.25, -0.2) is 4.98 Å². The number of rotatable bonds is 4. The monoisotopic (exact) mass is 769 g/mol. The molecule has 0 atom stereocenters. The Kier molecular flexibility index (Phi) is 6.82. The maximum atomic E-state index is 5.51. The van der Waals surface area contributed by atoms with Crippen LogP contribution in [0, 0.1) is 0 Å². The first kappa shape index (κ1) is 32.4. The van der Waals surface area contributed by atoms with E-state index in [1.54, 1.807) is 0 Å². The Labute approximate surface area is 341 Å². The van der Waals surface area contributed by atoms with Gasteiger partial charge in [-0.05, 0) is 76.1 Å². The van der Waals surface area contributed by atoms with Crippen molar-refractivity contribution in [2.75, 3.05) is 0 Å². The van der Waals surface area contributed by atoms with Crippen molar-refractivity contribution in [1.82, 2.24) is 24.1 Å². The highest BCUT2D eigenvalue weighted by atomic mass is 32.1. The van der Waals surface area contributed by atoms with E-state index in [1.807, 2.05) is 11.3 Å². The van der Waals surface area contributed by atoms with Gasteiger partial charge in [0, 0.05) is 52.8 Å². The van der Waals surface area contributed by atoms with Crippen LogP contribution < -0.4 is 0 Å². The predicted octanol–water partition coefficient (Wildman–Crippen LogP) is 14.1. The SMILES string of the molecule is c1ccc2cc(-c3nc(-c4cc5sc6ccccc6c5cc4-n4c5ccccc5c5cc6ccccc6cc54)nc(-n4c5ccccc5c5ccccc54)n3)ccc2c1. The van der Waals surface area contributed by atoms with Crippen LogP contribution in [-0.4, -0.2) is 24.1 Å². The highest BCUT2D eigenvalue weighted by Crippen LogP contribution is 2.43. The third-order valence-electron chi connectivity index (χ3n) is 11.9. The van der Waals surface area contributed by atoms with Crippen molar-refractivity contribution in [2.45, 2.75) is 0 Å². The summed E-state index contributed by atoms with van der Waals surface area (Å²) in [5, 5.41) is 11.9. The van der Waals surface area contributed by atoms with E-state index in [0.29, 0.717) is 17.6 Å². The number of hydrogen-bond donors (Lipinski definition) is 0. The van der Waals surface area contributed by atoms with Crippen LogP contribution in [0.1, 0.15) is 0 Å². The molecule has 0 aliphatic carbocycles. The lowest BCUT2D eigenvalue weighted by atomic mass is 10.0. The van der Waals surface area contributed by atoms with E-state index >= 15 is 0 Å². The van der Waals surface area contributed by atoms with Crippen molar-refractivity contribution < 1.29 is 0 Å². The molecule has 9 aromatic carbocycles. The summed E-state index contributed by atoms with van der Waals surface area (Å²) in [5.74, 6) is 1.81. The average Bonchev–Trinajstić information content (AvgIpc) is 3.94. The summed E-state index contributed by atoms with van der Waals surface area (Å²) < 4.78 is 7.06. The van der Waals surface area contributed by atoms with Crippen molar-refractivity contribution in [3.05, 3.63) is 188 Å². The summed E-state index contributed by atoms with van der Waals surface area (Å²) in [5.41, 5.74) is 7.25. The van der Waals surface area contributed by atoms with Crippen LogP contribution in [-0.2, 0) is 0 Å². The van der Waals surface area contributed by atoms with Gasteiger partial charge < -0.3 is 4.57 Å². The quantitative estimate of drug-likeness (QED) is 0.179. The fourth-order valence-corrected chi connectivity index (χ4v) is 10.3. The zero-order chi connectivity index (χ0) is 38.6. The number of fused-ring (bicyclic) bond motifs is 11. The van der Waals surface area contributed by atoms with Crippen molar-refractivity contribution >= 4 is 96.7 Å². The molecule has 4 aromatic heterocycles. The molecule has 5 nitrogen and oxygen atoms in total. The summed E-state index contributed by atoms with van der Waals surface area (Å²) in [7, 11) is 0. The van der Waals surface area contributed by atoms with Crippen molar-refractivity contribution in [3.8, 4) is 34.4 Å². The predicted molar refractivity (Wildman–Crippen MR) is 247 cm³/mol. The van der Waals surface area contributed by atoms with E-state index in [1.165, 1.54) is 47.1 Å². The number of nitrogens with zero attached hydrogens (tertiary/aromatic N) is 5. The van der Waals surface area contributed by atoms with Crippen LogP contribution in [0.5, 0.6) is 0 Å². The summed E-state index contributed by atoms with van der Waals surface area (Å²) in [6, 6.07) is 67.4. The third kappa shape index (κ3) is 4.87. The summed E-state index contributed by atoms with van der Waals surface area (Å²) >= 11 is 1.81. The lowest BCUT2D eigenvalue weighted by Crippen LogP contribution is -2.08. The van der Waals surface area contributed by atoms with Gasteiger partial charge in [0.15, 0.2) is 11.6 Å². The van der Waals surface area contributed by atoms with Gasteiger partial charge in [0.05, 0.1) is 27.8 Å². The molecule has 0 amide bonds. The largest absolute Gasteiger partial charge is 0.308 e. The Hall–Kier alpha value is -7.67. The standard InChI is InChI=1S/C53H31N5S/c1-2-14-33-27-36(26-25-32(33)13-1)51-54-52(56-53(55-51)58-45-22-10-5-17-37(45)38-18-6-11-23-46(38)58)43-31-50-42(40-20-8-12-24-49(40)59-50)30-48(43)57-44-21-9-7-19-39(44)41-28-34-15-3-4-16-35(34)29-47(41)57/h1-31H. The van der Waals surface area contributed by atoms with Gasteiger partial charge in [-0.1, -0.05) is 133 Å². The second kappa shape index (κ2) is 12.4. The molecule has 0 saturated heterocycles. The Morgan fingerprint density at radius 1 is 0.339 bits per heavy atom. The molecule has 274 valence electrons. The van der Waals surface area contributed by atoms with Crippen LogP contribution in [0.15, 0.2) is 188 Å². The Morgan fingerprint density at radius 3 is 1.63 bits per heavy atom. The number of thiophene rings is 1. The van der Waals surface area contributed by atoms with Crippen LogP contribution in [0.4, 0.5) is 0 Å². The number of para-hydroxylation sites is 3. The van der Waals surface area contributed by atoms with Gasteiger partial charge in [-0.3, -0.25) is 4.57 Å².